The molecule has 2 saturated carbocycles. The molecule has 0 radical (unpaired) electrons. The molecule has 2 aliphatic rings. The first-order valence-electron chi connectivity index (χ1n) is 6.53. The Morgan fingerprint density at radius 2 is 2.31 bits per heavy atom. The van der Waals surface area contributed by atoms with Crippen molar-refractivity contribution >= 4 is 0 Å². The molecule has 0 saturated heterocycles. The summed E-state index contributed by atoms with van der Waals surface area (Å²) in [5.41, 5.74) is 2.99. The summed E-state index contributed by atoms with van der Waals surface area (Å²) in [6.45, 7) is 8.94. The van der Waals surface area contributed by atoms with E-state index in [4.69, 9.17) is 5.11 Å². The van der Waals surface area contributed by atoms with Crippen LogP contribution in [0.5, 0.6) is 0 Å². The van der Waals surface area contributed by atoms with Crippen LogP contribution in [0.2, 0.25) is 0 Å². The Morgan fingerprint density at radius 3 is 2.88 bits per heavy atom. The van der Waals surface area contributed by atoms with Gasteiger partial charge in [-0.05, 0) is 56.3 Å². The summed E-state index contributed by atoms with van der Waals surface area (Å²) < 4.78 is 0. The molecule has 0 aliphatic heterocycles. The Bertz CT molecular complexity index is 315. The fraction of sp³-hybridized carbons (Fsp3) is 0.733. The summed E-state index contributed by atoms with van der Waals surface area (Å²) >= 11 is 0. The second kappa shape index (κ2) is 4.37. The van der Waals surface area contributed by atoms with Crippen LogP contribution in [0.1, 0.15) is 46.0 Å². The number of hydrogen-bond acceptors (Lipinski definition) is 1. The zero-order valence-corrected chi connectivity index (χ0v) is 10.6. The van der Waals surface area contributed by atoms with E-state index in [9.17, 15) is 0 Å². The topological polar surface area (TPSA) is 20.2 Å². The van der Waals surface area contributed by atoms with E-state index >= 15 is 0 Å². The second-order valence-corrected chi connectivity index (χ2v) is 5.90. The van der Waals surface area contributed by atoms with Crippen LogP contribution in [-0.4, -0.2) is 11.7 Å². The molecular formula is C15H24O. The molecule has 1 N–H and O–H groups in total. The van der Waals surface area contributed by atoms with Crippen LogP contribution in [0.3, 0.4) is 0 Å². The van der Waals surface area contributed by atoms with E-state index < -0.39 is 0 Å². The lowest BCUT2D eigenvalue weighted by atomic mass is 9.69. The van der Waals surface area contributed by atoms with Crippen molar-refractivity contribution < 1.29 is 5.11 Å². The molecule has 2 bridgehead atoms. The molecule has 0 aromatic heterocycles. The lowest BCUT2D eigenvalue weighted by Crippen LogP contribution is -2.26. The van der Waals surface area contributed by atoms with Gasteiger partial charge in [-0.15, -0.1) is 0 Å². The quantitative estimate of drug-likeness (QED) is 0.716. The molecule has 0 aromatic carbocycles. The zero-order valence-electron chi connectivity index (χ0n) is 10.6. The molecule has 3 atom stereocenters. The fourth-order valence-electron chi connectivity index (χ4n) is 3.65. The molecule has 2 rings (SSSR count). The highest BCUT2D eigenvalue weighted by Crippen LogP contribution is 2.60. The number of rotatable bonds is 4. The van der Waals surface area contributed by atoms with Crippen molar-refractivity contribution in [3.05, 3.63) is 23.8 Å². The molecule has 16 heavy (non-hydrogen) atoms. The smallest absolute Gasteiger partial charge is 0.0639 e. The molecule has 1 unspecified atom stereocenters. The summed E-state index contributed by atoms with van der Waals surface area (Å²) in [5, 5.41) is 8.96. The summed E-state index contributed by atoms with van der Waals surface area (Å²) in [7, 11) is 0. The third-order valence-corrected chi connectivity index (χ3v) is 4.97. The maximum absolute atomic E-state index is 8.96. The highest BCUT2D eigenvalue weighted by Gasteiger charge is 2.49. The molecule has 0 spiro atoms. The molecule has 0 aromatic rings. The molecule has 1 heteroatoms. The summed E-state index contributed by atoms with van der Waals surface area (Å²) in [6.07, 6.45) is 8.66. The second-order valence-electron chi connectivity index (χ2n) is 5.90. The lowest BCUT2D eigenvalue weighted by molar-refractivity contribution is 0.240. The van der Waals surface area contributed by atoms with Gasteiger partial charge in [0.05, 0.1) is 6.61 Å². The van der Waals surface area contributed by atoms with Crippen molar-refractivity contribution in [2.24, 2.45) is 17.3 Å². The minimum Gasteiger partial charge on any atom is -0.392 e. The van der Waals surface area contributed by atoms with Gasteiger partial charge in [0, 0.05) is 0 Å². The van der Waals surface area contributed by atoms with Gasteiger partial charge < -0.3 is 5.11 Å². The van der Waals surface area contributed by atoms with Crippen molar-refractivity contribution in [1.29, 1.82) is 0 Å². The van der Waals surface area contributed by atoms with E-state index in [2.05, 4.69) is 19.6 Å². The Balaban J connectivity index is 1.96. The highest BCUT2D eigenvalue weighted by atomic mass is 16.3. The SMILES string of the molecule is C=C1[C@H]2CCC(C2)[C@@]1(C)CCC=C(C)CO. The zero-order chi connectivity index (χ0) is 11.8. The third kappa shape index (κ3) is 1.86. The van der Waals surface area contributed by atoms with Crippen molar-refractivity contribution in [3.63, 3.8) is 0 Å². The van der Waals surface area contributed by atoms with Crippen LogP contribution in [-0.2, 0) is 0 Å². The Labute approximate surface area is 99.3 Å². The number of aliphatic hydroxyl groups is 1. The molecular weight excluding hydrogens is 196 g/mol. The number of allylic oxidation sites excluding steroid dienone is 2. The molecule has 90 valence electrons. The Morgan fingerprint density at radius 1 is 1.56 bits per heavy atom. The predicted molar refractivity (Wildman–Crippen MR) is 68.2 cm³/mol. The summed E-state index contributed by atoms with van der Waals surface area (Å²) in [5.74, 6) is 1.70. The standard InChI is InChI=1S/C15H24O/c1-11(10-16)5-4-8-15(3)12(2)13-6-7-14(15)9-13/h5,13-14,16H,2,4,6-10H2,1,3H3/t13-,14?,15-/m0/s1. The van der Waals surface area contributed by atoms with E-state index in [1.807, 2.05) is 6.92 Å². The van der Waals surface area contributed by atoms with E-state index in [1.54, 1.807) is 0 Å². The van der Waals surface area contributed by atoms with E-state index in [0.717, 1.165) is 23.8 Å². The largest absolute Gasteiger partial charge is 0.392 e. The first kappa shape index (κ1) is 11.9. The van der Waals surface area contributed by atoms with Gasteiger partial charge in [0.1, 0.15) is 0 Å². The van der Waals surface area contributed by atoms with Gasteiger partial charge in [0.25, 0.3) is 0 Å². The highest BCUT2D eigenvalue weighted by molar-refractivity contribution is 5.24. The molecule has 0 heterocycles. The first-order valence-corrected chi connectivity index (χ1v) is 6.53. The normalized spacial score (nSPS) is 38.4. The Kier molecular flexibility index (Phi) is 3.25. The maximum Gasteiger partial charge on any atom is 0.0639 e. The van der Waals surface area contributed by atoms with Crippen LogP contribution >= 0.6 is 0 Å². The van der Waals surface area contributed by atoms with Crippen molar-refractivity contribution in [2.45, 2.75) is 46.0 Å². The maximum atomic E-state index is 8.96. The Hall–Kier alpha value is -0.560. The van der Waals surface area contributed by atoms with Gasteiger partial charge >= 0.3 is 0 Å². The van der Waals surface area contributed by atoms with Crippen LogP contribution in [0, 0.1) is 17.3 Å². The van der Waals surface area contributed by atoms with Crippen molar-refractivity contribution in [1.82, 2.24) is 0 Å². The van der Waals surface area contributed by atoms with Gasteiger partial charge in [0.2, 0.25) is 0 Å². The van der Waals surface area contributed by atoms with Crippen LogP contribution in [0.4, 0.5) is 0 Å². The van der Waals surface area contributed by atoms with Crippen LogP contribution in [0.15, 0.2) is 23.8 Å². The minimum absolute atomic E-state index is 0.198. The fourth-order valence-corrected chi connectivity index (χ4v) is 3.65. The van der Waals surface area contributed by atoms with E-state index in [-0.39, 0.29) is 6.61 Å². The lowest BCUT2D eigenvalue weighted by Gasteiger charge is -2.36. The van der Waals surface area contributed by atoms with Gasteiger partial charge in [-0.2, -0.15) is 0 Å². The average molecular weight is 220 g/mol. The number of hydrogen-bond donors (Lipinski definition) is 1. The molecule has 0 amide bonds. The summed E-state index contributed by atoms with van der Waals surface area (Å²) in [6, 6.07) is 0. The molecule has 2 fully saturated rings. The van der Waals surface area contributed by atoms with E-state index in [1.165, 1.54) is 31.3 Å². The molecule has 1 nitrogen and oxygen atoms in total. The minimum atomic E-state index is 0.198. The van der Waals surface area contributed by atoms with Crippen LogP contribution < -0.4 is 0 Å². The molecule has 2 aliphatic carbocycles. The third-order valence-electron chi connectivity index (χ3n) is 4.97. The van der Waals surface area contributed by atoms with E-state index in [0.29, 0.717) is 5.41 Å². The first-order chi connectivity index (χ1) is 7.58. The monoisotopic (exact) mass is 220 g/mol. The van der Waals surface area contributed by atoms with Crippen molar-refractivity contribution in [2.75, 3.05) is 6.61 Å². The van der Waals surface area contributed by atoms with Gasteiger partial charge in [-0.25, -0.2) is 0 Å². The number of fused-ring (bicyclic) bond motifs is 2. The summed E-state index contributed by atoms with van der Waals surface area (Å²) in [4.78, 5) is 0. The van der Waals surface area contributed by atoms with Gasteiger partial charge in [0.15, 0.2) is 0 Å². The van der Waals surface area contributed by atoms with Crippen molar-refractivity contribution in [3.8, 4) is 0 Å². The van der Waals surface area contributed by atoms with Gasteiger partial charge in [-0.1, -0.05) is 30.7 Å². The average Bonchev–Trinajstić information content (AvgIpc) is 2.83. The number of aliphatic hydroxyl groups excluding tert-OH is 1. The van der Waals surface area contributed by atoms with Gasteiger partial charge in [-0.3, -0.25) is 0 Å². The van der Waals surface area contributed by atoms with Crippen LogP contribution in [0.25, 0.3) is 0 Å². The predicted octanol–water partition coefficient (Wildman–Crippen LogP) is 3.70.